The minimum atomic E-state index is -2.18. The summed E-state index contributed by atoms with van der Waals surface area (Å²) in [5.41, 5.74) is 4.37. The molecule has 1 fully saturated rings. The molecule has 3 aromatic rings. The molecule has 4 rings (SSSR count). The van der Waals surface area contributed by atoms with Gasteiger partial charge in [-0.25, -0.2) is 9.77 Å². The quantitative estimate of drug-likeness (QED) is 0.456. The van der Waals surface area contributed by atoms with Crippen LogP contribution >= 0.6 is 19.2 Å². The summed E-state index contributed by atoms with van der Waals surface area (Å²) in [7, 11) is -2.18. The smallest absolute Gasteiger partial charge is 0.213 e. The lowest BCUT2D eigenvalue weighted by Gasteiger charge is -2.47. The minimum Gasteiger partial charge on any atom is -1.00 e. The Bertz CT molecular complexity index is 1120. The molecular formula is C27H38BrClN5P. The summed E-state index contributed by atoms with van der Waals surface area (Å²) >= 11 is 6.74. The third-order valence-electron chi connectivity index (χ3n) is 6.92. The molecule has 0 amide bonds. The Morgan fingerprint density at radius 1 is 0.943 bits per heavy atom. The van der Waals surface area contributed by atoms with E-state index >= 15 is 0 Å². The van der Waals surface area contributed by atoms with Gasteiger partial charge in [-0.3, -0.25) is 0 Å². The number of nitrogens with one attached hydrogen (secondary N) is 1. The number of likely N-dealkylation sites (N-methyl/N-ethyl adjacent to an activating group) is 1. The molecule has 0 radical (unpaired) electrons. The van der Waals surface area contributed by atoms with Crippen LogP contribution in [0.4, 0.5) is 5.69 Å². The maximum Gasteiger partial charge on any atom is 0.213 e. The van der Waals surface area contributed by atoms with Gasteiger partial charge in [-0.2, -0.15) is 9.77 Å². The maximum atomic E-state index is 6.74. The van der Waals surface area contributed by atoms with E-state index in [1.165, 1.54) is 11.0 Å². The van der Waals surface area contributed by atoms with Crippen LogP contribution in [-0.4, -0.2) is 57.2 Å². The first kappa shape index (κ1) is 28.1. The van der Waals surface area contributed by atoms with Crippen molar-refractivity contribution in [2.24, 2.45) is 0 Å². The number of aromatic nitrogens is 2. The first-order chi connectivity index (χ1) is 16.2. The second kappa shape index (κ2) is 11.3. The number of anilines is 1. The van der Waals surface area contributed by atoms with Crippen LogP contribution in [0.1, 0.15) is 39.1 Å². The number of para-hydroxylation sites is 2. The Balaban J connectivity index is 0.00000342. The summed E-state index contributed by atoms with van der Waals surface area (Å²) in [6.07, 6.45) is 0. The second-order valence-corrected chi connectivity index (χ2v) is 14.3. The van der Waals surface area contributed by atoms with Crippen LogP contribution in [0.15, 0.2) is 54.6 Å². The number of rotatable bonds is 6. The number of aryl methyl sites for hydroxylation is 1. The fourth-order valence-corrected chi connectivity index (χ4v) is 10.2. The molecule has 1 aliphatic heterocycles. The van der Waals surface area contributed by atoms with Crippen LogP contribution in [0.3, 0.4) is 0 Å². The zero-order valence-corrected chi connectivity index (χ0v) is 25.0. The first-order valence-electron chi connectivity index (χ1n) is 12.2. The van der Waals surface area contributed by atoms with E-state index in [9.17, 15) is 0 Å². The van der Waals surface area contributed by atoms with Crippen molar-refractivity contribution in [3.05, 3.63) is 71.0 Å². The number of nitrogens with zero attached hydrogens (tertiary/aromatic N) is 4. The second-order valence-electron chi connectivity index (χ2n) is 10.1. The van der Waals surface area contributed by atoms with Gasteiger partial charge in [0.2, 0.25) is 7.56 Å². The molecular weight excluding hydrogens is 541 g/mol. The monoisotopic (exact) mass is 577 g/mol. The van der Waals surface area contributed by atoms with Gasteiger partial charge in [-0.1, -0.05) is 48.9 Å². The van der Waals surface area contributed by atoms with Crippen LogP contribution in [0.25, 0.3) is 5.69 Å². The molecule has 8 heteroatoms. The maximum absolute atomic E-state index is 6.74. The summed E-state index contributed by atoms with van der Waals surface area (Å²) in [4.78, 5) is 2.54. The molecule has 0 spiro atoms. The number of hydrogen-bond acceptors (Lipinski definition) is 4. The molecule has 35 heavy (non-hydrogen) atoms. The normalized spacial score (nSPS) is 17.0. The average Bonchev–Trinajstić information content (AvgIpc) is 3.12. The van der Waals surface area contributed by atoms with Gasteiger partial charge in [0.15, 0.2) is 5.30 Å². The van der Waals surface area contributed by atoms with Gasteiger partial charge < -0.3 is 21.9 Å². The van der Waals surface area contributed by atoms with E-state index in [1.807, 2.05) is 12.1 Å². The first-order valence-corrected chi connectivity index (χ1v) is 14.3. The Hall–Kier alpha value is -1.43. The van der Waals surface area contributed by atoms with E-state index in [1.54, 1.807) is 0 Å². The molecule has 190 valence electrons. The number of halogens is 2. The van der Waals surface area contributed by atoms with E-state index in [2.05, 4.69) is 103 Å². The highest BCUT2D eigenvalue weighted by Crippen LogP contribution is 2.70. The fourth-order valence-electron chi connectivity index (χ4n) is 5.20. The van der Waals surface area contributed by atoms with Crippen LogP contribution in [0, 0.1) is 13.8 Å². The van der Waals surface area contributed by atoms with Crippen molar-refractivity contribution in [2.75, 3.05) is 37.8 Å². The highest BCUT2D eigenvalue weighted by molar-refractivity contribution is 7.83. The van der Waals surface area contributed by atoms with Crippen molar-refractivity contribution >= 4 is 30.2 Å². The number of piperazine rings is 1. The predicted molar refractivity (Wildman–Crippen MR) is 148 cm³/mol. The molecule has 2 heterocycles. The van der Waals surface area contributed by atoms with Gasteiger partial charge in [-0.15, -0.1) is 0 Å². The van der Waals surface area contributed by atoms with Gasteiger partial charge in [0.1, 0.15) is 10.9 Å². The topological polar surface area (TPSA) is 36.3 Å². The molecule has 0 aliphatic carbocycles. The van der Waals surface area contributed by atoms with Crippen molar-refractivity contribution in [1.82, 2.24) is 19.4 Å². The molecule has 1 aliphatic rings. The van der Waals surface area contributed by atoms with Gasteiger partial charge in [0.25, 0.3) is 0 Å². The molecule has 1 N–H and O–H groups in total. The summed E-state index contributed by atoms with van der Waals surface area (Å²) < 4.78 is 4.84. The average molecular weight is 579 g/mol. The van der Waals surface area contributed by atoms with Gasteiger partial charge in [-0.05, 0) is 65.4 Å². The lowest BCUT2D eigenvalue weighted by atomic mass is 10.3. The largest absolute Gasteiger partial charge is 1.00 e. The lowest BCUT2D eigenvalue weighted by Crippen LogP contribution is -3.00. The molecule has 1 aromatic heterocycles. The van der Waals surface area contributed by atoms with Gasteiger partial charge in [0.05, 0.1) is 22.1 Å². The van der Waals surface area contributed by atoms with Crippen molar-refractivity contribution in [1.29, 1.82) is 0 Å². The summed E-state index contributed by atoms with van der Waals surface area (Å²) in [5, 5.41) is 11.2. The summed E-state index contributed by atoms with van der Waals surface area (Å²) in [5.74, 6) is 0. The SMILES string of the molecule is CCN1CCN([P+](Nc2ccccc2Cl)(c2c(C)nn(-c3ccccc3)c2C)C(C)(C)C)CC1.[Br-]. The molecule has 1 unspecified atom stereocenters. The van der Waals surface area contributed by atoms with Crippen molar-refractivity contribution in [3.8, 4) is 5.69 Å². The third-order valence-corrected chi connectivity index (χ3v) is 12.3. The summed E-state index contributed by atoms with van der Waals surface area (Å²) in [6, 6.07) is 18.6. The van der Waals surface area contributed by atoms with E-state index in [-0.39, 0.29) is 22.1 Å². The van der Waals surface area contributed by atoms with E-state index in [0.29, 0.717) is 0 Å². The Morgan fingerprint density at radius 3 is 2.11 bits per heavy atom. The molecule has 0 saturated carbocycles. The standard InChI is InChI=1S/C27H38ClN5P.BrH/c1-7-31-17-19-32(20-18-31)34(27(4,5)6,30-25-16-12-11-15-24(25)28)26-21(2)29-33(22(26)3)23-13-9-8-10-14-23;/h8-16,30H,7,17-20H2,1-6H3;1H/q+1;/p-1. The van der Waals surface area contributed by atoms with E-state index < -0.39 is 7.56 Å². The Kier molecular flexibility index (Phi) is 9.10. The fraction of sp³-hybridized carbons (Fsp3) is 0.444. The van der Waals surface area contributed by atoms with E-state index in [0.717, 1.165) is 54.8 Å². The number of hydrogen-bond donors (Lipinski definition) is 1. The van der Waals surface area contributed by atoms with Crippen LogP contribution in [-0.2, 0) is 0 Å². The summed E-state index contributed by atoms with van der Waals surface area (Å²) in [6.45, 7) is 19.0. The molecule has 5 nitrogen and oxygen atoms in total. The van der Waals surface area contributed by atoms with Crippen molar-refractivity contribution < 1.29 is 17.0 Å². The molecule has 1 saturated heterocycles. The van der Waals surface area contributed by atoms with Crippen LogP contribution in [0.5, 0.6) is 0 Å². The van der Waals surface area contributed by atoms with Crippen molar-refractivity contribution in [2.45, 2.75) is 46.7 Å². The highest BCUT2D eigenvalue weighted by atomic mass is 79.9. The molecule has 2 aromatic carbocycles. The van der Waals surface area contributed by atoms with Gasteiger partial charge in [0, 0.05) is 26.2 Å². The molecule has 0 bridgehead atoms. The zero-order valence-electron chi connectivity index (χ0n) is 21.7. The highest BCUT2D eigenvalue weighted by Gasteiger charge is 2.60. The van der Waals surface area contributed by atoms with Crippen LogP contribution < -0.4 is 27.4 Å². The lowest BCUT2D eigenvalue weighted by molar-refractivity contribution is -0.00000741. The van der Waals surface area contributed by atoms with E-state index in [4.69, 9.17) is 16.7 Å². The van der Waals surface area contributed by atoms with Crippen LogP contribution in [0.2, 0.25) is 5.02 Å². The number of benzene rings is 2. The minimum absolute atomic E-state index is 0. The molecule has 1 atom stereocenters. The predicted octanol–water partition coefficient (Wildman–Crippen LogP) is 3.17. The van der Waals surface area contributed by atoms with Gasteiger partial charge >= 0.3 is 0 Å². The Labute approximate surface area is 227 Å². The Morgan fingerprint density at radius 2 is 1.54 bits per heavy atom. The van der Waals surface area contributed by atoms with Crippen molar-refractivity contribution in [3.63, 3.8) is 0 Å². The third kappa shape index (κ3) is 5.33. The zero-order chi connectivity index (χ0) is 24.5.